The average molecular weight is 150 g/mol. The van der Waals surface area contributed by atoms with Crippen molar-refractivity contribution in [3.8, 4) is 6.07 Å². The van der Waals surface area contributed by atoms with Crippen LogP contribution in [0.1, 0.15) is 11.3 Å². The predicted octanol–water partition coefficient (Wildman–Crippen LogP) is 0.870. The second-order valence-electron chi connectivity index (χ2n) is 1.78. The Bertz CT molecular complexity index is 253. The first-order chi connectivity index (χ1) is 5.34. The summed E-state index contributed by atoms with van der Waals surface area (Å²) in [5.41, 5.74) is 1.44. The molecule has 0 unspecified atom stereocenters. The van der Waals surface area contributed by atoms with Crippen molar-refractivity contribution in [1.82, 2.24) is 4.98 Å². The Kier molecular flexibility index (Phi) is 4.70. The minimum Gasteiger partial charge on any atom is -0.400 e. The lowest BCUT2D eigenvalue weighted by molar-refractivity contribution is 0.399. The molecule has 0 spiro atoms. The summed E-state index contributed by atoms with van der Waals surface area (Å²) in [7, 11) is 1.00. The summed E-state index contributed by atoms with van der Waals surface area (Å²) in [6, 6.07) is 5.67. The fourth-order valence-corrected chi connectivity index (χ4v) is 0.603. The number of hydrogen-bond acceptors (Lipinski definition) is 3. The summed E-state index contributed by atoms with van der Waals surface area (Å²) in [6.45, 7) is 1.87. The molecule has 11 heavy (non-hydrogen) atoms. The fourth-order valence-electron chi connectivity index (χ4n) is 0.603. The van der Waals surface area contributed by atoms with E-state index < -0.39 is 0 Å². The minimum absolute atomic E-state index is 0.512. The van der Waals surface area contributed by atoms with Crippen LogP contribution in [0.15, 0.2) is 18.3 Å². The third-order valence-electron chi connectivity index (χ3n) is 1.12. The van der Waals surface area contributed by atoms with E-state index in [4.69, 9.17) is 10.4 Å². The first-order valence-corrected chi connectivity index (χ1v) is 3.11. The normalized spacial score (nSPS) is 7.45. The Balaban J connectivity index is 0.000000461. The van der Waals surface area contributed by atoms with E-state index in [1.165, 1.54) is 0 Å². The third kappa shape index (κ3) is 2.78. The van der Waals surface area contributed by atoms with Crippen molar-refractivity contribution in [2.24, 2.45) is 0 Å². The number of nitrogens with zero attached hydrogens (tertiary/aromatic N) is 2. The first-order valence-electron chi connectivity index (χ1n) is 3.11. The van der Waals surface area contributed by atoms with E-state index in [1.54, 1.807) is 6.20 Å². The van der Waals surface area contributed by atoms with E-state index in [0.29, 0.717) is 5.69 Å². The van der Waals surface area contributed by atoms with Gasteiger partial charge >= 0.3 is 0 Å². The molecule has 0 bridgehead atoms. The molecule has 0 fully saturated rings. The van der Waals surface area contributed by atoms with Crippen LogP contribution in [0, 0.1) is 18.3 Å². The van der Waals surface area contributed by atoms with Crippen LogP contribution in [-0.2, 0) is 0 Å². The molecule has 3 heteroatoms. The smallest absolute Gasteiger partial charge is 0.143 e. The van der Waals surface area contributed by atoms with Gasteiger partial charge in [0.05, 0.1) is 0 Å². The Hall–Kier alpha value is -1.40. The second kappa shape index (κ2) is 5.39. The Morgan fingerprint density at radius 2 is 2.18 bits per heavy atom. The molecule has 0 saturated carbocycles. The Morgan fingerprint density at radius 1 is 1.55 bits per heavy atom. The van der Waals surface area contributed by atoms with Crippen molar-refractivity contribution >= 4 is 0 Å². The van der Waals surface area contributed by atoms with Gasteiger partial charge in [-0.2, -0.15) is 5.26 Å². The average Bonchev–Trinajstić information content (AvgIpc) is 2.09. The molecular formula is C8H10N2O. The molecule has 0 amide bonds. The summed E-state index contributed by atoms with van der Waals surface area (Å²) in [5, 5.41) is 15.4. The van der Waals surface area contributed by atoms with Crippen molar-refractivity contribution in [1.29, 1.82) is 5.26 Å². The molecule has 0 aliphatic carbocycles. The molecule has 0 atom stereocenters. The monoisotopic (exact) mass is 150 g/mol. The molecule has 0 radical (unpaired) electrons. The number of aryl methyl sites for hydroxylation is 1. The van der Waals surface area contributed by atoms with E-state index in [-0.39, 0.29) is 0 Å². The van der Waals surface area contributed by atoms with Gasteiger partial charge in [0.1, 0.15) is 11.8 Å². The standard InChI is InChI=1S/C7H6N2.CH4O/c1-6-3-2-4-9-7(6)5-8;1-2/h2-4H,1H3;2H,1H3. The van der Waals surface area contributed by atoms with Crippen molar-refractivity contribution in [2.45, 2.75) is 6.92 Å². The molecule has 3 nitrogen and oxygen atoms in total. The van der Waals surface area contributed by atoms with Gasteiger partial charge in [0.25, 0.3) is 0 Å². The van der Waals surface area contributed by atoms with Gasteiger partial charge in [0, 0.05) is 13.3 Å². The minimum atomic E-state index is 0.512. The van der Waals surface area contributed by atoms with Crippen LogP contribution >= 0.6 is 0 Å². The molecule has 0 aromatic carbocycles. The summed E-state index contributed by atoms with van der Waals surface area (Å²) in [5.74, 6) is 0. The lowest BCUT2D eigenvalue weighted by Crippen LogP contribution is -1.83. The predicted molar refractivity (Wildman–Crippen MR) is 41.8 cm³/mol. The van der Waals surface area contributed by atoms with Crippen LogP contribution < -0.4 is 0 Å². The van der Waals surface area contributed by atoms with Gasteiger partial charge in [-0.1, -0.05) is 6.07 Å². The van der Waals surface area contributed by atoms with Crippen LogP contribution in [0.4, 0.5) is 0 Å². The van der Waals surface area contributed by atoms with Crippen LogP contribution in [0.5, 0.6) is 0 Å². The number of hydrogen-bond donors (Lipinski definition) is 1. The molecule has 1 N–H and O–H groups in total. The van der Waals surface area contributed by atoms with E-state index in [2.05, 4.69) is 4.98 Å². The molecule has 58 valence electrons. The lowest BCUT2D eigenvalue weighted by atomic mass is 10.2. The van der Waals surface area contributed by atoms with E-state index in [0.717, 1.165) is 12.7 Å². The zero-order chi connectivity index (χ0) is 8.69. The number of aliphatic hydroxyl groups is 1. The quantitative estimate of drug-likeness (QED) is 0.597. The van der Waals surface area contributed by atoms with Gasteiger partial charge in [-0.25, -0.2) is 4.98 Å². The van der Waals surface area contributed by atoms with E-state index in [9.17, 15) is 0 Å². The van der Waals surface area contributed by atoms with Gasteiger partial charge in [0.2, 0.25) is 0 Å². The molecule has 1 aromatic rings. The summed E-state index contributed by atoms with van der Waals surface area (Å²) in [4.78, 5) is 3.84. The van der Waals surface area contributed by atoms with Gasteiger partial charge < -0.3 is 5.11 Å². The maximum Gasteiger partial charge on any atom is 0.143 e. The van der Waals surface area contributed by atoms with Crippen molar-refractivity contribution in [3.63, 3.8) is 0 Å². The van der Waals surface area contributed by atoms with Crippen LogP contribution in [0.25, 0.3) is 0 Å². The topological polar surface area (TPSA) is 56.9 Å². The molecule has 0 aliphatic rings. The fraction of sp³-hybridized carbons (Fsp3) is 0.250. The van der Waals surface area contributed by atoms with Gasteiger partial charge in [-0.05, 0) is 18.6 Å². The van der Waals surface area contributed by atoms with Crippen LogP contribution in [0.3, 0.4) is 0 Å². The summed E-state index contributed by atoms with van der Waals surface area (Å²) < 4.78 is 0. The number of nitriles is 1. The number of aliphatic hydroxyl groups excluding tert-OH is 1. The largest absolute Gasteiger partial charge is 0.400 e. The molecular weight excluding hydrogens is 140 g/mol. The third-order valence-corrected chi connectivity index (χ3v) is 1.12. The maximum absolute atomic E-state index is 8.41. The van der Waals surface area contributed by atoms with Crippen LogP contribution in [0.2, 0.25) is 0 Å². The van der Waals surface area contributed by atoms with Gasteiger partial charge in [-0.3, -0.25) is 0 Å². The Labute approximate surface area is 65.9 Å². The second-order valence-corrected chi connectivity index (χ2v) is 1.78. The van der Waals surface area contributed by atoms with Crippen molar-refractivity contribution in [3.05, 3.63) is 29.6 Å². The molecule has 0 saturated heterocycles. The Morgan fingerprint density at radius 3 is 2.55 bits per heavy atom. The van der Waals surface area contributed by atoms with Gasteiger partial charge in [0.15, 0.2) is 0 Å². The van der Waals surface area contributed by atoms with Crippen molar-refractivity contribution in [2.75, 3.05) is 7.11 Å². The number of pyridine rings is 1. The number of rotatable bonds is 0. The lowest BCUT2D eigenvalue weighted by Gasteiger charge is -1.89. The van der Waals surface area contributed by atoms with Gasteiger partial charge in [-0.15, -0.1) is 0 Å². The summed E-state index contributed by atoms with van der Waals surface area (Å²) >= 11 is 0. The molecule has 1 heterocycles. The molecule has 1 aromatic heterocycles. The van der Waals surface area contributed by atoms with Crippen molar-refractivity contribution < 1.29 is 5.11 Å². The molecule has 1 rings (SSSR count). The van der Waals surface area contributed by atoms with E-state index >= 15 is 0 Å². The highest BCUT2D eigenvalue weighted by Gasteiger charge is 1.91. The SMILES string of the molecule is CO.Cc1cccnc1C#N. The maximum atomic E-state index is 8.41. The zero-order valence-corrected chi connectivity index (χ0v) is 6.57. The highest BCUT2D eigenvalue weighted by atomic mass is 16.2. The highest BCUT2D eigenvalue weighted by molar-refractivity contribution is 5.28. The highest BCUT2D eigenvalue weighted by Crippen LogP contribution is 1.99. The van der Waals surface area contributed by atoms with E-state index in [1.807, 2.05) is 25.1 Å². The number of aromatic nitrogens is 1. The first kappa shape index (κ1) is 9.60. The summed E-state index contributed by atoms with van der Waals surface area (Å²) in [6.07, 6.45) is 1.62. The van der Waals surface area contributed by atoms with Crippen LogP contribution in [-0.4, -0.2) is 17.2 Å². The zero-order valence-electron chi connectivity index (χ0n) is 6.57. The molecule has 0 aliphatic heterocycles.